The van der Waals surface area contributed by atoms with Crippen LogP contribution < -0.4 is 15.4 Å². The van der Waals surface area contributed by atoms with E-state index in [0.717, 1.165) is 16.3 Å². The van der Waals surface area contributed by atoms with Crippen molar-refractivity contribution in [2.75, 3.05) is 13.7 Å². The number of fused-ring (bicyclic) bond motifs is 1. The summed E-state index contributed by atoms with van der Waals surface area (Å²) >= 11 is 0. The van der Waals surface area contributed by atoms with Gasteiger partial charge in [0, 0.05) is 12.7 Å². The monoisotopic (exact) mass is 394 g/mol. The molecule has 2 amide bonds. The molecule has 0 saturated carbocycles. The molecule has 0 unspecified atom stereocenters. The van der Waals surface area contributed by atoms with Crippen molar-refractivity contribution in [1.82, 2.24) is 20.6 Å². The van der Waals surface area contributed by atoms with Gasteiger partial charge in [-0.25, -0.2) is 4.98 Å². The fourth-order valence-corrected chi connectivity index (χ4v) is 2.74. The van der Waals surface area contributed by atoms with Crippen LogP contribution in [0.5, 0.6) is 5.88 Å². The van der Waals surface area contributed by atoms with Crippen molar-refractivity contribution in [3.05, 3.63) is 65.6 Å². The number of carboxylic acid groups (broad SMARTS) is 1. The topological polar surface area (TPSA) is 131 Å². The van der Waals surface area contributed by atoms with Gasteiger partial charge >= 0.3 is 5.97 Å². The van der Waals surface area contributed by atoms with Crippen molar-refractivity contribution in [2.24, 2.45) is 0 Å². The van der Waals surface area contributed by atoms with Crippen LogP contribution >= 0.6 is 0 Å². The lowest BCUT2D eigenvalue weighted by atomic mass is 10.0. The third-order valence-corrected chi connectivity index (χ3v) is 4.11. The highest BCUT2D eigenvalue weighted by molar-refractivity contribution is 5.98. The molecule has 0 aliphatic heterocycles. The number of aliphatic carboxylic acids is 1. The number of hydrogen-bond acceptors (Lipinski definition) is 6. The Morgan fingerprint density at radius 1 is 1.03 bits per heavy atom. The normalized spacial score (nSPS) is 10.4. The van der Waals surface area contributed by atoms with Crippen LogP contribution in [0.25, 0.3) is 10.8 Å². The van der Waals surface area contributed by atoms with Gasteiger partial charge in [0.2, 0.25) is 11.7 Å². The highest BCUT2D eigenvalue weighted by Gasteiger charge is 2.19. The number of nitrogens with zero attached hydrogens (tertiary/aromatic N) is 2. The van der Waals surface area contributed by atoms with E-state index in [1.54, 1.807) is 0 Å². The van der Waals surface area contributed by atoms with Gasteiger partial charge in [0.25, 0.3) is 11.8 Å². The Kier molecular flexibility index (Phi) is 5.98. The second kappa shape index (κ2) is 8.79. The lowest BCUT2D eigenvalue weighted by molar-refractivity contribution is -0.135. The molecule has 0 saturated heterocycles. The molecule has 148 valence electrons. The van der Waals surface area contributed by atoms with Gasteiger partial charge in [-0.15, -0.1) is 0 Å². The molecule has 9 nitrogen and oxygen atoms in total. The van der Waals surface area contributed by atoms with Gasteiger partial charge < -0.3 is 20.5 Å². The highest BCUT2D eigenvalue weighted by Crippen LogP contribution is 2.19. The molecular formula is C20H18N4O5. The molecule has 0 atom stereocenters. The summed E-state index contributed by atoms with van der Waals surface area (Å²) in [6.45, 7) is -0.290. The molecule has 3 N–H and O–H groups in total. The fraction of sp³-hybridized carbons (Fsp3) is 0.150. The van der Waals surface area contributed by atoms with Gasteiger partial charge in [0.15, 0.2) is 0 Å². The first-order valence-electron chi connectivity index (χ1n) is 8.65. The molecule has 0 spiro atoms. The summed E-state index contributed by atoms with van der Waals surface area (Å²) < 4.78 is 5.10. The number of benzene rings is 2. The number of carbonyl (C=O) groups is 3. The van der Waals surface area contributed by atoms with Crippen LogP contribution in [0.1, 0.15) is 26.5 Å². The first-order valence-corrected chi connectivity index (χ1v) is 8.65. The van der Waals surface area contributed by atoms with Crippen LogP contribution in [0, 0.1) is 0 Å². The summed E-state index contributed by atoms with van der Waals surface area (Å²) in [5.74, 6) is -2.83. The fourth-order valence-electron chi connectivity index (χ4n) is 2.74. The van der Waals surface area contributed by atoms with Crippen LogP contribution in [0.3, 0.4) is 0 Å². The Hall–Kier alpha value is -4.01. The Morgan fingerprint density at radius 3 is 2.55 bits per heavy atom. The standard InChI is InChI=1S/C20H18N4O5/c1-29-20-15(10-21-17(24-20)19(28)23-11-16(25)26)18(27)22-9-13-7-4-6-12-5-2-3-8-14(12)13/h2-8,10H,9,11H2,1H3,(H,22,27)(H,23,28)(H,25,26). The van der Waals surface area contributed by atoms with E-state index in [0.29, 0.717) is 0 Å². The zero-order valence-corrected chi connectivity index (χ0v) is 15.5. The van der Waals surface area contributed by atoms with Crippen molar-refractivity contribution >= 4 is 28.6 Å². The number of carbonyl (C=O) groups excluding carboxylic acids is 2. The van der Waals surface area contributed by atoms with Crippen LogP contribution in [0.4, 0.5) is 0 Å². The molecule has 9 heteroatoms. The lowest BCUT2D eigenvalue weighted by Crippen LogP contribution is -2.31. The first-order chi connectivity index (χ1) is 14.0. The first kappa shape index (κ1) is 19.7. The zero-order chi connectivity index (χ0) is 20.8. The van der Waals surface area contributed by atoms with E-state index in [-0.39, 0.29) is 23.8 Å². The lowest BCUT2D eigenvalue weighted by Gasteiger charge is -2.11. The van der Waals surface area contributed by atoms with Gasteiger partial charge in [-0.1, -0.05) is 42.5 Å². The molecule has 1 heterocycles. The second-order valence-electron chi connectivity index (χ2n) is 6.01. The van der Waals surface area contributed by atoms with Crippen LogP contribution in [-0.2, 0) is 11.3 Å². The van der Waals surface area contributed by atoms with E-state index in [2.05, 4.69) is 20.6 Å². The zero-order valence-electron chi connectivity index (χ0n) is 15.5. The number of hydrogen-bond donors (Lipinski definition) is 3. The van der Waals surface area contributed by atoms with Crippen molar-refractivity contribution in [1.29, 1.82) is 0 Å². The average Bonchev–Trinajstić information content (AvgIpc) is 2.75. The number of amides is 2. The van der Waals surface area contributed by atoms with Crippen molar-refractivity contribution in [3.8, 4) is 5.88 Å². The molecule has 3 rings (SSSR count). The summed E-state index contributed by atoms with van der Waals surface area (Å²) in [7, 11) is 1.31. The predicted molar refractivity (Wildman–Crippen MR) is 104 cm³/mol. The minimum absolute atomic E-state index is 0.0579. The molecule has 1 aromatic heterocycles. The average molecular weight is 394 g/mol. The number of carboxylic acids is 1. The summed E-state index contributed by atoms with van der Waals surface area (Å²) in [6, 6.07) is 13.7. The van der Waals surface area contributed by atoms with Gasteiger partial charge in [-0.05, 0) is 16.3 Å². The van der Waals surface area contributed by atoms with Crippen molar-refractivity contribution in [3.63, 3.8) is 0 Å². The Balaban J connectivity index is 1.74. The third kappa shape index (κ3) is 4.64. The largest absolute Gasteiger partial charge is 0.480 e. The van der Waals surface area contributed by atoms with Gasteiger partial charge in [0.1, 0.15) is 12.1 Å². The Morgan fingerprint density at radius 2 is 1.79 bits per heavy atom. The van der Waals surface area contributed by atoms with E-state index < -0.39 is 24.3 Å². The summed E-state index contributed by atoms with van der Waals surface area (Å²) in [5.41, 5.74) is 1.00. The van der Waals surface area contributed by atoms with Crippen molar-refractivity contribution < 1.29 is 24.2 Å². The third-order valence-electron chi connectivity index (χ3n) is 4.11. The molecule has 2 aromatic carbocycles. The van der Waals surface area contributed by atoms with Gasteiger partial charge in [-0.3, -0.25) is 14.4 Å². The van der Waals surface area contributed by atoms with Crippen LogP contribution in [0.15, 0.2) is 48.7 Å². The smallest absolute Gasteiger partial charge is 0.322 e. The Labute approximate surface area is 165 Å². The molecular weight excluding hydrogens is 376 g/mol. The van der Waals surface area contributed by atoms with Crippen LogP contribution in [-0.4, -0.2) is 46.5 Å². The molecule has 3 aromatic rings. The summed E-state index contributed by atoms with van der Waals surface area (Å²) in [6.07, 6.45) is 1.17. The Bertz CT molecular complexity index is 1080. The molecule has 0 aliphatic rings. The SMILES string of the molecule is COc1nc(C(=O)NCC(=O)O)ncc1C(=O)NCc1cccc2ccccc12. The molecule has 0 bridgehead atoms. The van der Waals surface area contributed by atoms with E-state index in [4.69, 9.17) is 9.84 Å². The molecule has 29 heavy (non-hydrogen) atoms. The maximum atomic E-state index is 12.6. The minimum atomic E-state index is -1.20. The quantitative estimate of drug-likeness (QED) is 0.552. The number of rotatable bonds is 7. The molecule has 0 aliphatic carbocycles. The number of methoxy groups -OCH3 is 1. The van der Waals surface area contributed by atoms with Gasteiger partial charge in [0.05, 0.1) is 7.11 Å². The van der Waals surface area contributed by atoms with Crippen molar-refractivity contribution in [2.45, 2.75) is 6.54 Å². The number of nitrogens with one attached hydrogen (secondary N) is 2. The van der Waals surface area contributed by atoms with E-state index >= 15 is 0 Å². The van der Waals surface area contributed by atoms with Gasteiger partial charge in [-0.2, -0.15) is 4.98 Å². The number of ether oxygens (including phenoxy) is 1. The summed E-state index contributed by atoms with van der Waals surface area (Å²) in [4.78, 5) is 42.7. The molecule has 0 radical (unpaired) electrons. The highest BCUT2D eigenvalue weighted by atomic mass is 16.5. The second-order valence-corrected chi connectivity index (χ2v) is 6.01. The van der Waals surface area contributed by atoms with Crippen LogP contribution in [0.2, 0.25) is 0 Å². The van der Waals surface area contributed by atoms with E-state index in [9.17, 15) is 14.4 Å². The van der Waals surface area contributed by atoms with E-state index in [1.807, 2.05) is 42.5 Å². The number of aromatic nitrogens is 2. The maximum Gasteiger partial charge on any atom is 0.322 e. The summed E-state index contributed by atoms with van der Waals surface area (Å²) in [5, 5.41) is 15.6. The molecule has 0 fully saturated rings. The minimum Gasteiger partial charge on any atom is -0.480 e. The maximum absolute atomic E-state index is 12.6. The van der Waals surface area contributed by atoms with E-state index in [1.165, 1.54) is 13.3 Å². The predicted octanol–water partition coefficient (Wildman–Crippen LogP) is 1.38.